The van der Waals surface area contributed by atoms with E-state index >= 15 is 0 Å². The van der Waals surface area contributed by atoms with Crippen molar-refractivity contribution in [3.8, 4) is 11.5 Å². The van der Waals surface area contributed by atoms with Crippen LogP contribution in [0.1, 0.15) is 23.2 Å². The van der Waals surface area contributed by atoms with Crippen molar-refractivity contribution >= 4 is 35.1 Å². The Labute approximate surface area is 180 Å². The highest BCUT2D eigenvalue weighted by Crippen LogP contribution is 2.42. The summed E-state index contributed by atoms with van der Waals surface area (Å²) in [4.78, 5) is 35.5. The summed E-state index contributed by atoms with van der Waals surface area (Å²) in [5.74, 6) is -1.96. The molecule has 31 heavy (non-hydrogen) atoms. The molecule has 0 atom stereocenters. The summed E-state index contributed by atoms with van der Waals surface area (Å²) in [7, 11) is 0. The fraction of sp³-hybridized carbons (Fsp3) is 0.250. The molecule has 0 saturated carbocycles. The number of rotatable bonds is 8. The third-order valence-electron chi connectivity index (χ3n) is 4.00. The Bertz CT molecular complexity index is 984. The summed E-state index contributed by atoms with van der Waals surface area (Å²) in [6.07, 6.45) is -3.45. The first kappa shape index (κ1) is 22.3. The van der Waals surface area contributed by atoms with E-state index < -0.39 is 24.8 Å². The van der Waals surface area contributed by atoms with Crippen LogP contribution >= 0.6 is 11.6 Å². The lowest BCUT2D eigenvalue weighted by Crippen LogP contribution is -2.26. The summed E-state index contributed by atoms with van der Waals surface area (Å²) in [6, 6.07) is 10.1. The molecular formula is C20H17ClF2N2O6. The van der Waals surface area contributed by atoms with Gasteiger partial charge in [0.15, 0.2) is 18.1 Å². The van der Waals surface area contributed by atoms with Crippen LogP contribution in [-0.4, -0.2) is 37.2 Å². The first-order valence-corrected chi connectivity index (χ1v) is 9.49. The lowest BCUT2D eigenvalue weighted by Gasteiger charge is -2.08. The van der Waals surface area contributed by atoms with Crippen LogP contribution < -0.4 is 20.1 Å². The number of carbonyl (C=O) groups is 3. The molecule has 1 aliphatic rings. The summed E-state index contributed by atoms with van der Waals surface area (Å²) in [6.45, 7) is -0.314. The van der Waals surface area contributed by atoms with Gasteiger partial charge in [0.05, 0.1) is 0 Å². The minimum Gasteiger partial charge on any atom is -0.456 e. The van der Waals surface area contributed by atoms with Crippen LogP contribution in [0.4, 0.5) is 14.5 Å². The lowest BCUT2D eigenvalue weighted by molar-refractivity contribution is -0.286. The van der Waals surface area contributed by atoms with Crippen LogP contribution in [0.3, 0.4) is 0 Å². The van der Waals surface area contributed by atoms with Crippen LogP contribution in [-0.2, 0) is 14.3 Å². The van der Waals surface area contributed by atoms with Crippen LogP contribution in [0.15, 0.2) is 42.5 Å². The molecule has 0 unspecified atom stereocenters. The fourth-order valence-electron chi connectivity index (χ4n) is 2.58. The third-order valence-corrected chi connectivity index (χ3v) is 4.25. The molecule has 1 aliphatic heterocycles. The zero-order valence-electron chi connectivity index (χ0n) is 16.0. The molecule has 0 radical (unpaired) electrons. The van der Waals surface area contributed by atoms with Crippen LogP contribution in [0.2, 0.25) is 5.02 Å². The summed E-state index contributed by atoms with van der Waals surface area (Å²) in [5.41, 5.74) is 0.613. The van der Waals surface area contributed by atoms with Gasteiger partial charge in [0.25, 0.3) is 11.8 Å². The molecule has 0 aliphatic carbocycles. The monoisotopic (exact) mass is 454 g/mol. The van der Waals surface area contributed by atoms with E-state index in [4.69, 9.17) is 16.3 Å². The van der Waals surface area contributed by atoms with E-state index in [-0.39, 0.29) is 36.1 Å². The predicted molar refractivity (Wildman–Crippen MR) is 105 cm³/mol. The average molecular weight is 455 g/mol. The van der Waals surface area contributed by atoms with Gasteiger partial charge in [-0.1, -0.05) is 11.6 Å². The number of anilines is 1. The molecule has 3 rings (SSSR count). The van der Waals surface area contributed by atoms with Gasteiger partial charge >= 0.3 is 12.3 Å². The van der Waals surface area contributed by atoms with Crippen molar-refractivity contribution in [3.63, 3.8) is 0 Å². The second-order valence-corrected chi connectivity index (χ2v) is 6.84. The minimum atomic E-state index is -3.76. The third kappa shape index (κ3) is 6.54. The van der Waals surface area contributed by atoms with E-state index in [0.717, 1.165) is 0 Å². The summed E-state index contributed by atoms with van der Waals surface area (Å²) < 4.78 is 39.4. The minimum absolute atomic E-state index is 0.00666. The molecule has 0 aromatic heterocycles. The average Bonchev–Trinajstić information content (AvgIpc) is 3.03. The van der Waals surface area contributed by atoms with Crippen molar-refractivity contribution < 1.29 is 37.4 Å². The van der Waals surface area contributed by atoms with Gasteiger partial charge in [0.2, 0.25) is 0 Å². The number of hydrogen-bond donors (Lipinski definition) is 2. The quantitative estimate of drug-likeness (QED) is 0.468. The van der Waals surface area contributed by atoms with E-state index in [2.05, 4.69) is 20.1 Å². The number of hydrogen-bond acceptors (Lipinski definition) is 6. The Morgan fingerprint density at radius 3 is 2.48 bits per heavy atom. The van der Waals surface area contributed by atoms with Crippen molar-refractivity contribution in [1.82, 2.24) is 5.32 Å². The molecule has 0 saturated heterocycles. The number of nitrogens with one attached hydrogen (secondary N) is 2. The predicted octanol–water partition coefficient (Wildman–Crippen LogP) is 3.35. The Kier molecular flexibility index (Phi) is 6.91. The molecule has 11 heteroatoms. The molecule has 2 aromatic rings. The topological polar surface area (TPSA) is 103 Å². The van der Waals surface area contributed by atoms with E-state index in [1.807, 2.05) is 0 Å². The SMILES string of the molecule is O=C(COC(=O)CCCNC(=O)c1ccc(Cl)cc1)Nc1ccc2c(c1)OC(F)(F)O2. The zero-order valence-corrected chi connectivity index (χ0v) is 16.7. The lowest BCUT2D eigenvalue weighted by atomic mass is 10.2. The Morgan fingerprint density at radius 2 is 1.74 bits per heavy atom. The maximum Gasteiger partial charge on any atom is 0.586 e. The molecule has 164 valence electrons. The van der Waals surface area contributed by atoms with Gasteiger partial charge < -0.3 is 24.8 Å². The van der Waals surface area contributed by atoms with Crippen molar-refractivity contribution in [2.45, 2.75) is 19.1 Å². The van der Waals surface area contributed by atoms with Gasteiger partial charge in [0, 0.05) is 35.3 Å². The highest BCUT2D eigenvalue weighted by atomic mass is 35.5. The fourth-order valence-corrected chi connectivity index (χ4v) is 2.71. The highest BCUT2D eigenvalue weighted by molar-refractivity contribution is 6.30. The number of fused-ring (bicyclic) bond motifs is 1. The van der Waals surface area contributed by atoms with E-state index in [9.17, 15) is 23.2 Å². The summed E-state index contributed by atoms with van der Waals surface area (Å²) >= 11 is 5.76. The van der Waals surface area contributed by atoms with Crippen LogP contribution in [0.25, 0.3) is 0 Å². The number of carbonyl (C=O) groups excluding carboxylic acids is 3. The number of amides is 2. The number of alkyl halides is 2. The molecule has 0 fully saturated rings. The summed E-state index contributed by atoms with van der Waals surface area (Å²) in [5, 5.41) is 5.57. The normalized spacial score (nSPS) is 13.4. The van der Waals surface area contributed by atoms with Gasteiger partial charge in [-0.05, 0) is 42.8 Å². The highest BCUT2D eigenvalue weighted by Gasteiger charge is 2.43. The first-order chi connectivity index (χ1) is 14.7. The maximum atomic E-state index is 13.0. The Balaban J connectivity index is 1.33. The molecule has 1 heterocycles. The molecule has 0 bridgehead atoms. The molecule has 0 spiro atoms. The second-order valence-electron chi connectivity index (χ2n) is 6.40. The van der Waals surface area contributed by atoms with Crippen molar-refractivity contribution in [2.24, 2.45) is 0 Å². The van der Waals surface area contributed by atoms with Crippen molar-refractivity contribution in [1.29, 1.82) is 0 Å². The molecule has 8 nitrogen and oxygen atoms in total. The Hall–Kier alpha value is -3.40. The second kappa shape index (κ2) is 9.61. The van der Waals surface area contributed by atoms with Gasteiger partial charge in [-0.15, -0.1) is 8.78 Å². The molecule has 2 aromatic carbocycles. The van der Waals surface area contributed by atoms with E-state index in [1.54, 1.807) is 24.3 Å². The van der Waals surface area contributed by atoms with Crippen molar-refractivity contribution in [3.05, 3.63) is 53.1 Å². The van der Waals surface area contributed by atoms with Gasteiger partial charge in [-0.2, -0.15) is 0 Å². The number of esters is 1. The van der Waals surface area contributed by atoms with E-state index in [1.165, 1.54) is 18.2 Å². The maximum absolute atomic E-state index is 13.0. The number of benzene rings is 2. The van der Waals surface area contributed by atoms with Crippen molar-refractivity contribution in [2.75, 3.05) is 18.5 Å². The standard InChI is InChI=1S/C20H17ClF2N2O6/c21-13-5-3-12(4-6-13)19(28)24-9-1-2-18(27)29-11-17(26)25-14-7-8-15-16(10-14)31-20(22,23)30-15/h3-8,10H,1-2,9,11H2,(H,24,28)(H,25,26). The first-order valence-electron chi connectivity index (χ1n) is 9.11. The van der Waals surface area contributed by atoms with Gasteiger partial charge in [-0.3, -0.25) is 14.4 Å². The smallest absolute Gasteiger partial charge is 0.456 e. The Morgan fingerprint density at radius 1 is 1.03 bits per heavy atom. The zero-order chi connectivity index (χ0) is 22.4. The van der Waals surface area contributed by atoms with E-state index in [0.29, 0.717) is 17.0 Å². The number of halogens is 3. The molecular weight excluding hydrogens is 438 g/mol. The molecule has 2 N–H and O–H groups in total. The van der Waals surface area contributed by atoms with Gasteiger partial charge in [0.1, 0.15) is 0 Å². The van der Waals surface area contributed by atoms with Crippen LogP contribution in [0, 0.1) is 0 Å². The molecule has 2 amide bonds. The number of ether oxygens (including phenoxy) is 3. The van der Waals surface area contributed by atoms with Crippen LogP contribution in [0.5, 0.6) is 11.5 Å². The largest absolute Gasteiger partial charge is 0.586 e. The van der Waals surface area contributed by atoms with Gasteiger partial charge in [-0.25, -0.2) is 0 Å².